The van der Waals surface area contributed by atoms with Crippen LogP contribution < -0.4 is 4.74 Å². The van der Waals surface area contributed by atoms with Gasteiger partial charge in [-0.05, 0) is 62.6 Å². The number of sulfonamides is 1. The molecule has 1 unspecified atom stereocenters. The molecule has 1 amide bonds. The topological polar surface area (TPSA) is 89.0 Å². The van der Waals surface area contributed by atoms with Gasteiger partial charge in [0, 0.05) is 31.0 Å². The molecule has 2 aliphatic rings. The van der Waals surface area contributed by atoms with Crippen LogP contribution >= 0.6 is 0 Å². The predicted octanol–water partition coefficient (Wildman–Crippen LogP) is 4.83. The molecule has 0 aliphatic carbocycles. The predicted molar refractivity (Wildman–Crippen MR) is 149 cm³/mol. The van der Waals surface area contributed by atoms with E-state index >= 15 is 8.78 Å². The number of aromatic nitrogens is 1. The van der Waals surface area contributed by atoms with Crippen LogP contribution in [0.3, 0.4) is 0 Å². The van der Waals surface area contributed by atoms with Gasteiger partial charge < -0.3 is 14.4 Å². The van der Waals surface area contributed by atoms with Gasteiger partial charge in [-0.3, -0.25) is 9.78 Å². The number of hydrogen-bond acceptors (Lipinski definition) is 6. The van der Waals surface area contributed by atoms with Crippen LogP contribution in [0.5, 0.6) is 5.75 Å². The zero-order valence-corrected chi connectivity index (χ0v) is 24.0. The number of pyridine rings is 1. The lowest BCUT2D eigenvalue weighted by Gasteiger charge is -2.28. The molecule has 3 aromatic rings. The Balaban J connectivity index is 1.35. The van der Waals surface area contributed by atoms with Crippen molar-refractivity contribution in [2.24, 2.45) is 0 Å². The van der Waals surface area contributed by atoms with E-state index in [4.69, 9.17) is 9.47 Å². The maximum atomic E-state index is 15.8. The summed E-state index contributed by atoms with van der Waals surface area (Å²) in [5, 5.41) is -4.20. The van der Waals surface area contributed by atoms with Gasteiger partial charge in [0.2, 0.25) is 0 Å². The second-order valence-corrected chi connectivity index (χ2v) is 12.5. The van der Waals surface area contributed by atoms with Gasteiger partial charge in [-0.15, -0.1) is 0 Å². The number of nitrogens with zero attached hydrogens (tertiary/aromatic N) is 3. The standard InChI is InChI=1S/C30H33F2N3O5S/c1-20-12-13-21(2)24(16-20)29(36)34-18-27(39-3)28(19-34)40-23-9-6-8-22(17-23)30(31,32)41(37,38)35-15-7-11-26(35)25-10-4-5-14-33-25/h4-6,8-10,12-14,16-17,26-28H,7,11,15,18-19H2,1-3H3/t26?,27-,28-/m1/s1. The van der Waals surface area contributed by atoms with E-state index in [9.17, 15) is 13.2 Å². The van der Waals surface area contributed by atoms with Crippen LogP contribution in [-0.2, 0) is 20.0 Å². The van der Waals surface area contributed by atoms with Crippen LogP contribution in [0.1, 0.15) is 51.6 Å². The summed E-state index contributed by atoms with van der Waals surface area (Å²) in [5.41, 5.74) is 2.13. The van der Waals surface area contributed by atoms with Crippen LogP contribution in [0.15, 0.2) is 66.9 Å². The lowest BCUT2D eigenvalue weighted by molar-refractivity contribution is 0.0335. The Labute approximate surface area is 238 Å². The molecular weight excluding hydrogens is 552 g/mol. The summed E-state index contributed by atoms with van der Waals surface area (Å²) in [6, 6.07) is 14.9. The maximum Gasteiger partial charge on any atom is 0.384 e. The van der Waals surface area contributed by atoms with Crippen LogP contribution in [0.2, 0.25) is 0 Å². The molecule has 2 fully saturated rings. The van der Waals surface area contributed by atoms with Crippen LogP contribution in [0.25, 0.3) is 0 Å². The summed E-state index contributed by atoms with van der Waals surface area (Å²) in [7, 11) is -3.58. The van der Waals surface area contributed by atoms with E-state index in [-0.39, 0.29) is 31.3 Å². The Morgan fingerprint density at radius 1 is 1.02 bits per heavy atom. The van der Waals surface area contributed by atoms with Gasteiger partial charge in [0.05, 0.1) is 24.8 Å². The number of alkyl halides is 2. The zero-order chi connectivity index (χ0) is 29.4. The molecule has 0 bridgehead atoms. The molecule has 11 heteroatoms. The van der Waals surface area contributed by atoms with Gasteiger partial charge in [-0.2, -0.15) is 13.1 Å². The number of methoxy groups -OCH3 is 1. The molecule has 2 saturated heterocycles. The lowest BCUT2D eigenvalue weighted by atomic mass is 10.0. The molecule has 218 valence electrons. The first-order chi connectivity index (χ1) is 19.5. The van der Waals surface area contributed by atoms with Gasteiger partial charge in [-0.25, -0.2) is 8.42 Å². The fraction of sp³-hybridized carbons (Fsp3) is 0.400. The third-order valence-corrected chi connectivity index (χ3v) is 9.69. The van der Waals surface area contributed by atoms with Crippen molar-refractivity contribution in [2.45, 2.75) is 50.2 Å². The largest absolute Gasteiger partial charge is 0.486 e. The summed E-state index contributed by atoms with van der Waals surface area (Å²) >= 11 is 0. The van der Waals surface area contributed by atoms with Crippen molar-refractivity contribution in [1.29, 1.82) is 0 Å². The Bertz CT molecular complexity index is 1520. The van der Waals surface area contributed by atoms with Gasteiger partial charge in [0.15, 0.2) is 0 Å². The van der Waals surface area contributed by atoms with Crippen LogP contribution in [0, 0.1) is 13.8 Å². The van der Waals surface area contributed by atoms with Crippen molar-refractivity contribution < 1.29 is 31.5 Å². The average molecular weight is 586 g/mol. The van der Waals surface area contributed by atoms with E-state index in [0.717, 1.165) is 27.6 Å². The molecule has 2 aliphatic heterocycles. The van der Waals surface area contributed by atoms with E-state index < -0.39 is 39.1 Å². The number of benzene rings is 2. The first-order valence-electron chi connectivity index (χ1n) is 13.5. The van der Waals surface area contributed by atoms with Crippen molar-refractivity contribution in [3.8, 4) is 5.75 Å². The lowest BCUT2D eigenvalue weighted by Crippen LogP contribution is -2.41. The zero-order valence-electron chi connectivity index (χ0n) is 23.2. The van der Waals surface area contributed by atoms with Crippen molar-refractivity contribution >= 4 is 15.9 Å². The first kappa shape index (κ1) is 29.1. The molecular formula is C30H33F2N3O5S. The quantitative estimate of drug-likeness (QED) is 0.376. The minimum atomic E-state index is -5.08. The van der Waals surface area contributed by atoms with Crippen molar-refractivity contribution in [3.05, 3.63) is 94.8 Å². The second-order valence-electron chi connectivity index (χ2n) is 10.5. The molecule has 3 heterocycles. The third kappa shape index (κ3) is 5.58. The molecule has 8 nitrogen and oxygen atoms in total. The molecule has 0 radical (unpaired) electrons. The molecule has 41 heavy (non-hydrogen) atoms. The number of amides is 1. The maximum absolute atomic E-state index is 15.8. The minimum absolute atomic E-state index is 0.0166. The Morgan fingerprint density at radius 3 is 2.54 bits per heavy atom. The Hall–Kier alpha value is -3.41. The second kappa shape index (κ2) is 11.5. The summed E-state index contributed by atoms with van der Waals surface area (Å²) in [6.07, 6.45) is 1.25. The Kier molecular flexibility index (Phi) is 8.13. The van der Waals surface area contributed by atoms with Crippen LogP contribution in [0.4, 0.5) is 8.78 Å². The number of likely N-dealkylation sites (tertiary alicyclic amines) is 1. The summed E-state index contributed by atoms with van der Waals surface area (Å²) < 4.78 is 70.7. The molecule has 3 atom stereocenters. The number of aryl methyl sites for hydroxylation is 2. The first-order valence-corrected chi connectivity index (χ1v) is 14.9. The smallest absolute Gasteiger partial charge is 0.384 e. The van der Waals surface area contributed by atoms with Gasteiger partial charge in [0.25, 0.3) is 15.9 Å². The van der Waals surface area contributed by atoms with Gasteiger partial charge in [0.1, 0.15) is 18.0 Å². The number of halogens is 2. The average Bonchev–Trinajstić information content (AvgIpc) is 3.62. The SMILES string of the molecule is CO[C@@H]1CN(C(=O)c2cc(C)ccc2C)C[C@H]1Oc1cccc(C(F)(F)S(=O)(=O)N2CCCC2c2ccccn2)c1. The number of carbonyl (C=O) groups excluding carboxylic acids is 1. The minimum Gasteiger partial charge on any atom is -0.486 e. The monoisotopic (exact) mass is 585 g/mol. The van der Waals surface area contributed by atoms with E-state index in [1.54, 1.807) is 23.1 Å². The molecule has 0 saturated carbocycles. The number of rotatable bonds is 8. The highest BCUT2D eigenvalue weighted by atomic mass is 32.2. The molecule has 0 N–H and O–H groups in total. The van der Waals surface area contributed by atoms with Gasteiger partial charge in [-0.1, -0.05) is 35.9 Å². The third-order valence-electron chi connectivity index (χ3n) is 7.75. The van der Waals surface area contributed by atoms with Crippen LogP contribution in [-0.4, -0.2) is 67.5 Å². The molecule has 1 aromatic heterocycles. The van der Waals surface area contributed by atoms with E-state index in [1.807, 2.05) is 32.0 Å². The number of carbonyl (C=O) groups is 1. The number of hydrogen-bond donors (Lipinski definition) is 0. The fourth-order valence-corrected chi connectivity index (χ4v) is 7.14. The highest BCUT2D eigenvalue weighted by Crippen LogP contribution is 2.44. The normalized spacial score (nSPS) is 21.8. The summed E-state index contributed by atoms with van der Waals surface area (Å²) in [5.74, 6) is -0.105. The number of ether oxygens (including phenoxy) is 2. The van der Waals surface area contributed by atoms with Crippen molar-refractivity contribution in [2.75, 3.05) is 26.7 Å². The Morgan fingerprint density at radius 2 is 1.80 bits per heavy atom. The highest BCUT2D eigenvalue weighted by Gasteiger charge is 2.54. The molecule has 5 rings (SSSR count). The van der Waals surface area contributed by atoms with E-state index in [2.05, 4.69) is 4.98 Å². The fourth-order valence-electron chi connectivity index (χ4n) is 5.50. The highest BCUT2D eigenvalue weighted by molar-refractivity contribution is 7.89. The van der Waals surface area contributed by atoms with Gasteiger partial charge >= 0.3 is 5.25 Å². The van der Waals surface area contributed by atoms with E-state index in [0.29, 0.717) is 24.1 Å². The van der Waals surface area contributed by atoms with Crippen molar-refractivity contribution in [3.63, 3.8) is 0 Å². The van der Waals surface area contributed by atoms with E-state index in [1.165, 1.54) is 25.4 Å². The molecule has 0 spiro atoms. The summed E-state index contributed by atoms with van der Waals surface area (Å²) in [4.78, 5) is 19.1. The van der Waals surface area contributed by atoms with Crippen molar-refractivity contribution in [1.82, 2.24) is 14.2 Å². The summed E-state index contributed by atoms with van der Waals surface area (Å²) in [6.45, 7) is 4.21. The molecule has 2 aromatic carbocycles.